The molecule has 0 fully saturated rings. The van der Waals surface area contributed by atoms with Crippen molar-refractivity contribution < 1.29 is 0 Å². The van der Waals surface area contributed by atoms with Gasteiger partial charge in [0.05, 0.1) is 0 Å². The molecule has 0 amide bonds. The highest BCUT2D eigenvalue weighted by Gasteiger charge is 2.21. The second-order valence-corrected chi connectivity index (χ2v) is 4.46. The Hall–Kier alpha value is -0.980. The molecule has 1 aliphatic heterocycles. The van der Waals surface area contributed by atoms with Crippen LogP contribution in [0, 0.1) is 5.41 Å². The average Bonchev–Trinajstić information content (AvgIpc) is 2.43. The number of hydrogen-bond donors (Lipinski definition) is 1. The molecule has 14 heavy (non-hydrogen) atoms. The van der Waals surface area contributed by atoms with E-state index in [0.29, 0.717) is 0 Å². The minimum absolute atomic E-state index is 0.259. The first-order chi connectivity index (χ1) is 6.67. The number of nitrogens with one attached hydrogen (secondary N) is 1. The molecule has 0 saturated heterocycles. The van der Waals surface area contributed by atoms with Crippen molar-refractivity contribution >= 4 is 0 Å². The van der Waals surface area contributed by atoms with Gasteiger partial charge in [0.25, 0.3) is 0 Å². The van der Waals surface area contributed by atoms with Crippen LogP contribution in [-0.2, 0) is 0 Å². The van der Waals surface area contributed by atoms with E-state index >= 15 is 0 Å². The molecule has 0 unspecified atom stereocenters. The molecule has 0 aromatic rings. The van der Waals surface area contributed by atoms with E-state index in [-0.39, 0.29) is 5.41 Å². The van der Waals surface area contributed by atoms with Gasteiger partial charge < -0.3 is 5.32 Å². The zero-order valence-corrected chi connectivity index (χ0v) is 9.51. The van der Waals surface area contributed by atoms with E-state index in [4.69, 9.17) is 0 Å². The maximum atomic E-state index is 3.35. The summed E-state index contributed by atoms with van der Waals surface area (Å²) in [7, 11) is 0. The molecule has 0 aromatic carbocycles. The highest BCUT2D eigenvalue weighted by Crippen LogP contribution is 2.30. The molecule has 0 radical (unpaired) electrons. The highest BCUT2D eigenvalue weighted by molar-refractivity contribution is 5.24. The van der Waals surface area contributed by atoms with Crippen LogP contribution < -0.4 is 5.32 Å². The van der Waals surface area contributed by atoms with Crippen molar-refractivity contribution in [2.24, 2.45) is 5.41 Å². The first kappa shape index (κ1) is 11.1. The van der Waals surface area contributed by atoms with Crippen molar-refractivity contribution in [1.82, 2.24) is 5.32 Å². The van der Waals surface area contributed by atoms with E-state index in [2.05, 4.69) is 44.3 Å². The molecule has 0 spiro atoms. The molecule has 1 heteroatoms. The van der Waals surface area contributed by atoms with Gasteiger partial charge in [-0.3, -0.25) is 0 Å². The zero-order valence-electron chi connectivity index (χ0n) is 9.51. The van der Waals surface area contributed by atoms with Gasteiger partial charge in [-0.15, -0.1) is 0 Å². The Morgan fingerprint density at radius 3 is 2.71 bits per heavy atom. The van der Waals surface area contributed by atoms with Crippen LogP contribution in [-0.4, -0.2) is 0 Å². The molecule has 0 aliphatic carbocycles. The van der Waals surface area contributed by atoms with Crippen LogP contribution in [0.5, 0.6) is 0 Å². The maximum absolute atomic E-state index is 3.35. The van der Waals surface area contributed by atoms with Crippen LogP contribution in [0.1, 0.15) is 40.0 Å². The summed E-state index contributed by atoms with van der Waals surface area (Å²) in [5.41, 5.74) is 1.57. The predicted molar refractivity (Wildman–Crippen MR) is 62.8 cm³/mol. The Bertz CT molecular complexity index is 256. The monoisotopic (exact) mass is 191 g/mol. The zero-order chi connectivity index (χ0) is 10.4. The fourth-order valence-corrected chi connectivity index (χ4v) is 1.63. The van der Waals surface area contributed by atoms with Gasteiger partial charge in [0, 0.05) is 17.3 Å². The van der Waals surface area contributed by atoms with Crippen molar-refractivity contribution in [3.05, 3.63) is 36.2 Å². The third-order valence-electron chi connectivity index (χ3n) is 2.70. The molecule has 0 bridgehead atoms. The summed E-state index contributed by atoms with van der Waals surface area (Å²) in [5, 5.41) is 3.35. The van der Waals surface area contributed by atoms with Crippen LogP contribution in [0.3, 0.4) is 0 Å². The van der Waals surface area contributed by atoms with E-state index in [1.165, 1.54) is 25.0 Å². The van der Waals surface area contributed by atoms with E-state index in [1.54, 1.807) is 0 Å². The lowest BCUT2D eigenvalue weighted by Gasteiger charge is -2.27. The van der Waals surface area contributed by atoms with Gasteiger partial charge in [-0.2, -0.15) is 0 Å². The molecule has 1 rings (SSSR count). The Balaban J connectivity index is 2.65. The van der Waals surface area contributed by atoms with Crippen LogP contribution in [0.25, 0.3) is 0 Å². The third kappa shape index (κ3) is 3.06. The molecular weight excluding hydrogens is 170 g/mol. The molecule has 1 aliphatic rings. The summed E-state index contributed by atoms with van der Waals surface area (Å²) in [6.45, 7) is 6.84. The average molecular weight is 191 g/mol. The topological polar surface area (TPSA) is 12.0 Å². The van der Waals surface area contributed by atoms with Crippen molar-refractivity contribution in [3.8, 4) is 0 Å². The molecule has 1 nitrogen and oxygen atoms in total. The van der Waals surface area contributed by atoms with Gasteiger partial charge in [0.2, 0.25) is 0 Å². The lowest BCUT2D eigenvalue weighted by atomic mass is 9.83. The van der Waals surface area contributed by atoms with Crippen LogP contribution in [0.4, 0.5) is 0 Å². The quantitative estimate of drug-likeness (QED) is 0.713. The predicted octanol–water partition coefficient (Wildman–Crippen LogP) is 3.76. The molecule has 0 aromatic heterocycles. The standard InChI is InChI=1S/C13H21N/c1-4-5-10-13(2,3)12-9-7-6-8-11-14-12/h6-9,11,14H,4-5,10H2,1-3H3. The number of unbranched alkanes of at least 4 members (excludes halogenated alkanes) is 1. The van der Waals surface area contributed by atoms with Gasteiger partial charge in [0.1, 0.15) is 0 Å². The van der Waals surface area contributed by atoms with Crippen molar-refractivity contribution in [2.75, 3.05) is 0 Å². The fourth-order valence-electron chi connectivity index (χ4n) is 1.63. The van der Waals surface area contributed by atoms with Gasteiger partial charge in [-0.1, -0.05) is 45.8 Å². The van der Waals surface area contributed by atoms with Gasteiger partial charge >= 0.3 is 0 Å². The molecule has 1 heterocycles. The van der Waals surface area contributed by atoms with Crippen molar-refractivity contribution in [2.45, 2.75) is 40.0 Å². The van der Waals surface area contributed by atoms with Gasteiger partial charge in [0.15, 0.2) is 0 Å². The summed E-state index contributed by atoms with van der Waals surface area (Å²) in [6, 6.07) is 0. The second-order valence-electron chi connectivity index (χ2n) is 4.46. The first-order valence-electron chi connectivity index (χ1n) is 5.47. The van der Waals surface area contributed by atoms with Gasteiger partial charge in [-0.05, 0) is 18.6 Å². The normalized spacial score (nSPS) is 16.1. The number of rotatable bonds is 4. The largest absolute Gasteiger partial charge is 0.365 e. The molecule has 78 valence electrons. The van der Waals surface area contributed by atoms with Crippen LogP contribution in [0.15, 0.2) is 36.2 Å². The molecule has 0 atom stereocenters. The number of hydrogen-bond acceptors (Lipinski definition) is 1. The molecular formula is C13H21N. The third-order valence-corrected chi connectivity index (χ3v) is 2.70. The maximum Gasteiger partial charge on any atom is 0.0203 e. The smallest absolute Gasteiger partial charge is 0.0203 e. The first-order valence-corrected chi connectivity index (χ1v) is 5.47. The Labute approximate surface area is 87.6 Å². The summed E-state index contributed by atoms with van der Waals surface area (Å²) in [4.78, 5) is 0. The fraction of sp³-hybridized carbons (Fsp3) is 0.538. The Morgan fingerprint density at radius 2 is 2.00 bits per heavy atom. The van der Waals surface area contributed by atoms with Crippen LogP contribution in [0.2, 0.25) is 0 Å². The second kappa shape index (κ2) is 5.04. The number of allylic oxidation sites excluding steroid dienone is 5. The van der Waals surface area contributed by atoms with E-state index in [9.17, 15) is 0 Å². The van der Waals surface area contributed by atoms with Crippen LogP contribution >= 0.6 is 0 Å². The summed E-state index contributed by atoms with van der Waals surface area (Å²) >= 11 is 0. The Morgan fingerprint density at radius 1 is 1.21 bits per heavy atom. The molecule has 0 saturated carbocycles. The molecule has 1 N–H and O–H groups in total. The van der Waals surface area contributed by atoms with E-state index < -0.39 is 0 Å². The summed E-state index contributed by atoms with van der Waals surface area (Å²) < 4.78 is 0. The lowest BCUT2D eigenvalue weighted by molar-refractivity contribution is 0.376. The lowest BCUT2D eigenvalue weighted by Crippen LogP contribution is -2.23. The minimum atomic E-state index is 0.259. The van der Waals surface area contributed by atoms with Crippen molar-refractivity contribution in [3.63, 3.8) is 0 Å². The van der Waals surface area contributed by atoms with Crippen molar-refractivity contribution in [1.29, 1.82) is 0 Å². The van der Waals surface area contributed by atoms with Gasteiger partial charge in [-0.25, -0.2) is 0 Å². The Kier molecular flexibility index (Phi) is 3.99. The SMILES string of the molecule is CCCCC(C)(C)C1=CC=CC=CN1. The van der Waals surface area contributed by atoms with E-state index in [0.717, 1.165) is 0 Å². The minimum Gasteiger partial charge on any atom is -0.365 e. The summed E-state index contributed by atoms with van der Waals surface area (Å²) in [6.07, 6.45) is 14.2. The highest BCUT2D eigenvalue weighted by atomic mass is 14.9. The van der Waals surface area contributed by atoms with E-state index in [1.807, 2.05) is 12.3 Å². The summed E-state index contributed by atoms with van der Waals surface area (Å²) in [5.74, 6) is 0.